The third-order valence-electron chi connectivity index (χ3n) is 4.99. The van der Waals surface area contributed by atoms with Crippen molar-refractivity contribution < 1.29 is 36.4 Å². The average molecular weight is 556 g/mol. The smallest absolute Gasteiger partial charge is 0.452 e. The number of hydrogen-bond acceptors (Lipinski definition) is 7. The Bertz CT molecular complexity index is 1410. The first-order valence-electron chi connectivity index (χ1n) is 10.4. The number of carboxylic acid groups (broad SMARTS) is 1. The van der Waals surface area contributed by atoms with E-state index in [2.05, 4.69) is 23.5 Å². The second kappa shape index (κ2) is 10.2. The quantitative estimate of drug-likeness (QED) is 0.235. The molecule has 1 aromatic carbocycles. The predicted molar refractivity (Wildman–Crippen MR) is 131 cm³/mol. The molecular formula is C23H18F3N2O5S3-. The Balaban J connectivity index is 1.71. The summed E-state index contributed by atoms with van der Waals surface area (Å²) in [5.74, 6) is -2.13. The summed E-state index contributed by atoms with van der Waals surface area (Å²) in [6, 6.07) is 12.5. The van der Waals surface area contributed by atoms with Crippen molar-refractivity contribution in [3.05, 3.63) is 64.7 Å². The van der Waals surface area contributed by atoms with Gasteiger partial charge in [-0.25, -0.2) is 4.79 Å². The van der Waals surface area contributed by atoms with E-state index in [4.69, 9.17) is 0 Å². The number of anilines is 2. The molecule has 1 atom stereocenters. The summed E-state index contributed by atoms with van der Waals surface area (Å²) in [6.07, 6.45) is -3.83. The molecular weight excluding hydrogens is 537 g/mol. The molecule has 0 aliphatic heterocycles. The molecule has 0 aliphatic rings. The van der Waals surface area contributed by atoms with Crippen molar-refractivity contribution in [1.82, 2.24) is 5.16 Å². The standard InChI is InChI=1S/C23H19F3N2O5S3/c1-12(2)9-13-3-5-14(6-4-13)18-11-16(21(35-18)22(29)30)28(36(31)32)20-8-7-17(34-20)15-10-19(33-27-15)23(24,25)26/h3-8,10-12H,9H2,1-2H3,(H,29,30)(H,31,32)/p-1. The Labute approximate surface area is 214 Å². The number of thiophene rings is 2. The molecule has 1 unspecified atom stereocenters. The Morgan fingerprint density at radius 3 is 2.39 bits per heavy atom. The minimum Gasteiger partial charge on any atom is -0.755 e. The van der Waals surface area contributed by atoms with E-state index >= 15 is 0 Å². The van der Waals surface area contributed by atoms with E-state index in [-0.39, 0.29) is 26.1 Å². The molecule has 0 aliphatic carbocycles. The molecule has 1 N–H and O–H groups in total. The van der Waals surface area contributed by atoms with Crippen LogP contribution in [-0.2, 0) is 23.9 Å². The van der Waals surface area contributed by atoms with Crippen LogP contribution in [0.4, 0.5) is 23.9 Å². The Morgan fingerprint density at radius 2 is 1.83 bits per heavy atom. The zero-order chi connectivity index (χ0) is 26.2. The van der Waals surface area contributed by atoms with Crippen LogP contribution in [0.2, 0.25) is 0 Å². The van der Waals surface area contributed by atoms with E-state index < -0.39 is 29.2 Å². The second-order valence-electron chi connectivity index (χ2n) is 8.15. The fraction of sp³-hybridized carbons (Fsp3) is 0.217. The highest BCUT2D eigenvalue weighted by atomic mass is 32.2. The summed E-state index contributed by atoms with van der Waals surface area (Å²) in [5, 5.41) is 13.3. The van der Waals surface area contributed by atoms with Gasteiger partial charge < -0.3 is 14.2 Å². The highest BCUT2D eigenvalue weighted by molar-refractivity contribution is 7.81. The largest absolute Gasteiger partial charge is 0.755 e. The summed E-state index contributed by atoms with van der Waals surface area (Å²) in [6.45, 7) is 4.20. The molecule has 0 amide bonds. The molecule has 13 heteroatoms. The normalized spacial score (nSPS) is 12.8. The van der Waals surface area contributed by atoms with E-state index in [9.17, 15) is 31.8 Å². The second-order valence-corrected chi connectivity index (χ2v) is 11.1. The minimum atomic E-state index is -4.72. The lowest BCUT2D eigenvalue weighted by Gasteiger charge is -2.24. The Morgan fingerprint density at radius 1 is 1.14 bits per heavy atom. The van der Waals surface area contributed by atoms with Crippen molar-refractivity contribution in [2.75, 3.05) is 4.31 Å². The molecule has 190 valence electrons. The molecule has 0 saturated carbocycles. The SMILES string of the molecule is CC(C)Cc1ccc(-c2cc(N(c3ccc(-c4cc(C(F)(F)F)on4)s3)S(=O)[O-])c(C(=O)O)s2)cc1. The molecule has 0 saturated heterocycles. The fourth-order valence-corrected chi connectivity index (χ4v) is 6.21. The van der Waals surface area contributed by atoms with Gasteiger partial charge in [0.2, 0.25) is 5.76 Å². The van der Waals surface area contributed by atoms with E-state index in [1.807, 2.05) is 24.3 Å². The van der Waals surface area contributed by atoms with Gasteiger partial charge in [0, 0.05) is 10.9 Å². The van der Waals surface area contributed by atoms with E-state index in [0.717, 1.165) is 44.5 Å². The van der Waals surface area contributed by atoms with Gasteiger partial charge in [0.1, 0.15) is 15.6 Å². The Hall–Kier alpha value is -3.00. The highest BCUT2D eigenvalue weighted by Gasteiger charge is 2.36. The number of hydrogen-bond donors (Lipinski definition) is 1. The van der Waals surface area contributed by atoms with Crippen molar-refractivity contribution >= 4 is 50.6 Å². The molecule has 4 aromatic rings. The molecule has 0 bridgehead atoms. The maximum absolute atomic E-state index is 12.8. The number of carbonyl (C=O) groups is 1. The topological polar surface area (TPSA) is 107 Å². The summed E-state index contributed by atoms with van der Waals surface area (Å²) < 4.78 is 68.1. The predicted octanol–water partition coefficient (Wildman–Crippen LogP) is 6.98. The van der Waals surface area contributed by atoms with Gasteiger partial charge in [-0.05, 0) is 41.7 Å². The molecule has 7 nitrogen and oxygen atoms in total. The molecule has 3 aromatic heterocycles. The van der Waals surface area contributed by atoms with Crippen molar-refractivity contribution in [2.24, 2.45) is 5.92 Å². The Kier molecular flexibility index (Phi) is 7.36. The zero-order valence-corrected chi connectivity index (χ0v) is 21.2. The van der Waals surface area contributed by atoms with Crippen molar-refractivity contribution in [1.29, 1.82) is 0 Å². The van der Waals surface area contributed by atoms with Crippen LogP contribution >= 0.6 is 22.7 Å². The van der Waals surface area contributed by atoms with Gasteiger partial charge >= 0.3 is 12.1 Å². The van der Waals surface area contributed by atoms with Crippen LogP contribution in [0.3, 0.4) is 0 Å². The van der Waals surface area contributed by atoms with Crippen LogP contribution in [0.5, 0.6) is 0 Å². The lowest BCUT2D eigenvalue weighted by molar-refractivity contribution is -0.155. The third-order valence-corrected chi connectivity index (χ3v) is 8.05. The first-order valence-corrected chi connectivity index (χ1v) is 13.1. The van der Waals surface area contributed by atoms with Crippen molar-refractivity contribution in [3.63, 3.8) is 0 Å². The summed E-state index contributed by atoms with van der Waals surface area (Å²) >= 11 is -1.17. The zero-order valence-electron chi connectivity index (χ0n) is 18.7. The lowest BCUT2D eigenvalue weighted by atomic mass is 10.0. The van der Waals surface area contributed by atoms with Crippen LogP contribution < -0.4 is 4.31 Å². The number of halogens is 3. The maximum atomic E-state index is 12.8. The monoisotopic (exact) mass is 555 g/mol. The number of benzene rings is 1. The van der Waals surface area contributed by atoms with Crippen LogP contribution in [0.25, 0.3) is 21.0 Å². The van der Waals surface area contributed by atoms with Gasteiger partial charge in [-0.15, -0.1) is 22.7 Å². The molecule has 0 spiro atoms. The maximum Gasteiger partial charge on any atom is 0.452 e. The number of aromatic carboxylic acids is 1. The van der Waals surface area contributed by atoms with Crippen LogP contribution in [0.15, 0.2) is 53.1 Å². The van der Waals surface area contributed by atoms with Gasteiger partial charge in [-0.1, -0.05) is 43.3 Å². The fourth-order valence-electron chi connectivity index (χ4n) is 3.48. The summed E-state index contributed by atoms with van der Waals surface area (Å²) in [4.78, 5) is 12.6. The number of alkyl halides is 3. The summed E-state index contributed by atoms with van der Waals surface area (Å²) in [5.41, 5.74) is 1.65. The number of carboxylic acids is 1. The molecule has 0 radical (unpaired) electrons. The molecule has 36 heavy (non-hydrogen) atoms. The van der Waals surface area contributed by atoms with Gasteiger partial charge in [-0.3, -0.25) is 8.51 Å². The highest BCUT2D eigenvalue weighted by Crippen LogP contribution is 2.44. The number of nitrogens with zero attached hydrogens (tertiary/aromatic N) is 2. The molecule has 4 rings (SSSR count). The van der Waals surface area contributed by atoms with Gasteiger partial charge in [0.15, 0.2) is 0 Å². The van der Waals surface area contributed by atoms with Gasteiger partial charge in [-0.2, -0.15) is 13.2 Å². The van der Waals surface area contributed by atoms with Gasteiger partial charge in [0.05, 0.1) is 21.8 Å². The van der Waals surface area contributed by atoms with E-state index in [1.54, 1.807) is 0 Å². The first kappa shape index (κ1) is 26.1. The first-order chi connectivity index (χ1) is 16.9. The average Bonchev–Trinajstić information content (AvgIpc) is 3.53. The van der Waals surface area contributed by atoms with Crippen molar-refractivity contribution in [2.45, 2.75) is 26.4 Å². The van der Waals surface area contributed by atoms with Crippen LogP contribution in [0.1, 0.15) is 34.8 Å². The molecule has 0 fully saturated rings. The minimum absolute atomic E-state index is 0.0772. The van der Waals surface area contributed by atoms with E-state index in [0.29, 0.717) is 16.9 Å². The van der Waals surface area contributed by atoms with Gasteiger partial charge in [0.25, 0.3) is 0 Å². The number of aromatic nitrogens is 1. The lowest BCUT2D eigenvalue weighted by Crippen LogP contribution is -2.19. The third kappa shape index (κ3) is 5.53. The van der Waals surface area contributed by atoms with Crippen LogP contribution in [-0.4, -0.2) is 25.0 Å². The van der Waals surface area contributed by atoms with Crippen molar-refractivity contribution in [3.8, 4) is 21.0 Å². The summed E-state index contributed by atoms with van der Waals surface area (Å²) in [7, 11) is 0. The van der Waals surface area contributed by atoms with Crippen LogP contribution in [0, 0.1) is 5.92 Å². The number of rotatable bonds is 8. The molecule has 3 heterocycles. The van der Waals surface area contributed by atoms with E-state index in [1.165, 1.54) is 18.2 Å².